The highest BCUT2D eigenvalue weighted by Gasteiger charge is 2.11. The van der Waals surface area contributed by atoms with E-state index in [0.29, 0.717) is 4.88 Å². The third-order valence-corrected chi connectivity index (χ3v) is 2.81. The van der Waals surface area contributed by atoms with E-state index in [1.165, 1.54) is 18.2 Å². The van der Waals surface area contributed by atoms with Crippen LogP contribution in [0.3, 0.4) is 0 Å². The Morgan fingerprint density at radius 2 is 2.07 bits per heavy atom. The molecular formula is C9H4ClF2NS. The highest BCUT2D eigenvalue weighted by Crippen LogP contribution is 2.29. The number of benzene rings is 1. The second-order valence-electron chi connectivity index (χ2n) is 2.62. The van der Waals surface area contributed by atoms with E-state index in [-0.39, 0.29) is 10.7 Å². The smallest absolute Gasteiger partial charge is 0.167 e. The first-order valence-corrected chi connectivity index (χ1v) is 4.90. The van der Waals surface area contributed by atoms with Crippen LogP contribution >= 0.6 is 23.1 Å². The van der Waals surface area contributed by atoms with Gasteiger partial charge in [0.25, 0.3) is 0 Å². The van der Waals surface area contributed by atoms with Crippen LogP contribution in [-0.2, 0) is 0 Å². The molecule has 2 rings (SSSR count). The third-order valence-electron chi connectivity index (χ3n) is 1.70. The summed E-state index contributed by atoms with van der Waals surface area (Å²) < 4.78 is 29.9. The van der Waals surface area contributed by atoms with E-state index in [1.807, 2.05) is 0 Å². The Hall–Kier alpha value is -1.00. The maximum atomic E-state index is 13.3. The van der Waals surface area contributed by atoms with Gasteiger partial charge in [0.15, 0.2) is 11.6 Å². The molecule has 0 N–H and O–H groups in total. The molecule has 1 heterocycles. The van der Waals surface area contributed by atoms with Crippen LogP contribution < -0.4 is 0 Å². The highest BCUT2D eigenvalue weighted by molar-refractivity contribution is 7.09. The van der Waals surface area contributed by atoms with Crippen molar-refractivity contribution in [3.8, 4) is 10.4 Å². The van der Waals surface area contributed by atoms with Crippen LogP contribution in [0.1, 0.15) is 0 Å². The summed E-state index contributed by atoms with van der Waals surface area (Å²) in [5, 5.41) is 0.286. The first-order valence-electron chi connectivity index (χ1n) is 3.75. The number of nitrogens with zero attached hydrogens (tertiary/aromatic N) is 1. The molecule has 0 aliphatic heterocycles. The van der Waals surface area contributed by atoms with E-state index >= 15 is 0 Å². The van der Waals surface area contributed by atoms with E-state index in [1.54, 1.807) is 0 Å². The molecule has 0 aliphatic carbocycles. The lowest BCUT2D eigenvalue weighted by Gasteiger charge is -1.98. The number of aromatic nitrogens is 1. The van der Waals surface area contributed by atoms with Gasteiger partial charge in [0, 0.05) is 5.56 Å². The van der Waals surface area contributed by atoms with Gasteiger partial charge in [-0.1, -0.05) is 23.7 Å². The van der Waals surface area contributed by atoms with Crippen LogP contribution in [0, 0.1) is 11.6 Å². The average Bonchev–Trinajstić information content (AvgIpc) is 2.57. The summed E-state index contributed by atoms with van der Waals surface area (Å²) in [6, 6.07) is 5.51. The third kappa shape index (κ3) is 1.63. The van der Waals surface area contributed by atoms with Gasteiger partial charge >= 0.3 is 0 Å². The summed E-state index contributed by atoms with van der Waals surface area (Å²) in [4.78, 5) is 0.520. The van der Waals surface area contributed by atoms with Gasteiger partial charge in [-0.3, -0.25) is 0 Å². The zero-order valence-electron chi connectivity index (χ0n) is 6.80. The van der Waals surface area contributed by atoms with Gasteiger partial charge in [0.1, 0.15) is 5.15 Å². The van der Waals surface area contributed by atoms with Crippen molar-refractivity contribution in [3.63, 3.8) is 0 Å². The van der Waals surface area contributed by atoms with Crippen LogP contribution in [0.15, 0.2) is 24.3 Å². The SMILES string of the molecule is Fc1cccc(-c2cc(Cl)ns2)c1F. The molecule has 0 spiro atoms. The van der Waals surface area contributed by atoms with Gasteiger partial charge in [-0.25, -0.2) is 8.78 Å². The van der Waals surface area contributed by atoms with Crippen molar-refractivity contribution in [2.24, 2.45) is 0 Å². The number of halogens is 3. The first kappa shape index (κ1) is 9.55. The molecule has 0 atom stereocenters. The Kier molecular flexibility index (Phi) is 2.48. The van der Waals surface area contributed by atoms with Crippen molar-refractivity contribution in [3.05, 3.63) is 41.1 Å². The second kappa shape index (κ2) is 3.63. The minimum atomic E-state index is -0.868. The number of rotatable bonds is 1. The molecule has 1 aromatic carbocycles. The monoisotopic (exact) mass is 231 g/mol. The molecule has 2 aromatic rings. The van der Waals surface area contributed by atoms with Gasteiger partial charge in [0.05, 0.1) is 4.88 Å². The van der Waals surface area contributed by atoms with Crippen LogP contribution in [0.4, 0.5) is 8.78 Å². The number of hydrogen-bond acceptors (Lipinski definition) is 2. The highest BCUT2D eigenvalue weighted by atomic mass is 35.5. The van der Waals surface area contributed by atoms with Gasteiger partial charge in [0.2, 0.25) is 0 Å². The van der Waals surface area contributed by atoms with Crippen molar-refractivity contribution in [2.45, 2.75) is 0 Å². The molecule has 1 nitrogen and oxygen atoms in total. The zero-order valence-corrected chi connectivity index (χ0v) is 8.37. The summed E-state index contributed by atoms with van der Waals surface area (Å²) >= 11 is 6.62. The summed E-state index contributed by atoms with van der Waals surface area (Å²) in [5.74, 6) is -1.74. The molecule has 14 heavy (non-hydrogen) atoms. The predicted octanol–water partition coefficient (Wildman–Crippen LogP) is 3.74. The number of hydrogen-bond donors (Lipinski definition) is 0. The largest absolute Gasteiger partial charge is 0.204 e. The second-order valence-corrected chi connectivity index (χ2v) is 3.81. The average molecular weight is 232 g/mol. The standard InChI is InChI=1S/C9H4ClF2NS/c10-8-4-7(14-13-8)5-2-1-3-6(11)9(5)12/h1-4H. The summed E-state index contributed by atoms with van der Waals surface area (Å²) in [6.45, 7) is 0. The van der Waals surface area contributed by atoms with Gasteiger partial charge in [-0.05, 0) is 23.7 Å². The molecule has 1 aromatic heterocycles. The minimum Gasteiger partial charge on any atom is -0.204 e. The predicted molar refractivity (Wildman–Crippen MR) is 52.5 cm³/mol. The molecule has 0 unspecified atom stereocenters. The van der Waals surface area contributed by atoms with Crippen LogP contribution in [0.5, 0.6) is 0 Å². The van der Waals surface area contributed by atoms with Crippen molar-refractivity contribution in [1.29, 1.82) is 0 Å². The van der Waals surface area contributed by atoms with E-state index in [0.717, 1.165) is 17.6 Å². The molecule has 0 radical (unpaired) electrons. The van der Waals surface area contributed by atoms with Crippen molar-refractivity contribution in [2.75, 3.05) is 0 Å². The van der Waals surface area contributed by atoms with E-state index in [4.69, 9.17) is 11.6 Å². The van der Waals surface area contributed by atoms with E-state index in [9.17, 15) is 8.78 Å². The molecular weight excluding hydrogens is 228 g/mol. The Bertz CT molecular complexity index is 470. The summed E-state index contributed by atoms with van der Waals surface area (Å²) in [5.41, 5.74) is 0.189. The lowest BCUT2D eigenvalue weighted by molar-refractivity contribution is 0.511. The molecule has 5 heteroatoms. The molecule has 72 valence electrons. The Balaban J connectivity index is 2.57. The molecule has 0 saturated heterocycles. The van der Waals surface area contributed by atoms with Crippen LogP contribution in [0.2, 0.25) is 5.15 Å². The van der Waals surface area contributed by atoms with Gasteiger partial charge < -0.3 is 0 Å². The fourth-order valence-corrected chi connectivity index (χ4v) is 2.01. The van der Waals surface area contributed by atoms with E-state index < -0.39 is 11.6 Å². The van der Waals surface area contributed by atoms with Gasteiger partial charge in [-0.2, -0.15) is 4.37 Å². The van der Waals surface area contributed by atoms with Crippen molar-refractivity contribution < 1.29 is 8.78 Å². The maximum absolute atomic E-state index is 13.3. The molecule has 0 fully saturated rings. The molecule has 0 saturated carbocycles. The maximum Gasteiger partial charge on any atom is 0.167 e. The lowest BCUT2D eigenvalue weighted by Crippen LogP contribution is -1.86. The fourth-order valence-electron chi connectivity index (χ4n) is 1.07. The quantitative estimate of drug-likeness (QED) is 0.729. The Morgan fingerprint density at radius 1 is 1.29 bits per heavy atom. The summed E-state index contributed by atoms with van der Waals surface area (Å²) in [7, 11) is 0. The lowest BCUT2D eigenvalue weighted by atomic mass is 10.2. The Labute approximate surface area is 88.1 Å². The molecule has 0 aliphatic rings. The van der Waals surface area contributed by atoms with Gasteiger partial charge in [-0.15, -0.1) is 0 Å². The molecule has 0 amide bonds. The van der Waals surface area contributed by atoms with Crippen molar-refractivity contribution in [1.82, 2.24) is 4.37 Å². The van der Waals surface area contributed by atoms with E-state index in [2.05, 4.69) is 4.37 Å². The normalized spacial score (nSPS) is 10.5. The Morgan fingerprint density at radius 3 is 2.71 bits per heavy atom. The van der Waals surface area contributed by atoms with Crippen LogP contribution in [0.25, 0.3) is 10.4 Å². The summed E-state index contributed by atoms with van der Waals surface area (Å²) in [6.07, 6.45) is 0. The zero-order chi connectivity index (χ0) is 10.1. The fraction of sp³-hybridized carbons (Fsp3) is 0. The van der Waals surface area contributed by atoms with Crippen molar-refractivity contribution >= 4 is 23.1 Å². The molecule has 0 bridgehead atoms. The van der Waals surface area contributed by atoms with Crippen LogP contribution in [-0.4, -0.2) is 4.37 Å². The topological polar surface area (TPSA) is 12.9 Å². The minimum absolute atomic E-state index is 0.189. The first-order chi connectivity index (χ1) is 6.68.